The lowest BCUT2D eigenvalue weighted by Gasteiger charge is -2.30. The molecule has 1 aliphatic rings. The number of guanidine groups is 1. The number of amides is 5. The maximum Gasteiger partial charge on any atom is 0.326 e. The van der Waals surface area contributed by atoms with Crippen LogP contribution < -0.4 is 39.3 Å². The van der Waals surface area contributed by atoms with Gasteiger partial charge in [-0.2, -0.15) is 0 Å². The SMILES string of the molecule is NC(=O)CCC(N)C(=O)NC(CCC(N)=O)C(=O)N1CCCC1C(=O)NC(CCCN=C(N)N)C(=O)O. The van der Waals surface area contributed by atoms with Crippen LogP contribution in [0.5, 0.6) is 0 Å². The van der Waals surface area contributed by atoms with Crippen LogP contribution in [-0.2, 0) is 28.8 Å². The Labute approximate surface area is 213 Å². The van der Waals surface area contributed by atoms with Crippen molar-refractivity contribution in [2.45, 2.75) is 75.5 Å². The van der Waals surface area contributed by atoms with Crippen molar-refractivity contribution in [3.05, 3.63) is 0 Å². The van der Waals surface area contributed by atoms with Gasteiger partial charge in [-0.1, -0.05) is 0 Å². The Morgan fingerprint density at radius 1 is 0.919 bits per heavy atom. The Hall–Kier alpha value is -3.95. The molecule has 1 saturated heterocycles. The van der Waals surface area contributed by atoms with Gasteiger partial charge in [-0.05, 0) is 38.5 Å². The van der Waals surface area contributed by atoms with Gasteiger partial charge in [0.25, 0.3) is 0 Å². The minimum Gasteiger partial charge on any atom is -0.480 e. The van der Waals surface area contributed by atoms with Crippen molar-refractivity contribution in [2.24, 2.45) is 33.7 Å². The third kappa shape index (κ3) is 11.1. The summed E-state index contributed by atoms with van der Waals surface area (Å²) >= 11 is 0. The van der Waals surface area contributed by atoms with E-state index in [1.165, 1.54) is 4.90 Å². The van der Waals surface area contributed by atoms with Crippen molar-refractivity contribution in [3.8, 4) is 0 Å². The Morgan fingerprint density at radius 3 is 2.11 bits per heavy atom. The lowest BCUT2D eigenvalue weighted by Crippen LogP contribution is -2.57. The fourth-order valence-corrected chi connectivity index (χ4v) is 3.78. The third-order valence-electron chi connectivity index (χ3n) is 5.73. The van der Waals surface area contributed by atoms with Gasteiger partial charge >= 0.3 is 5.97 Å². The quantitative estimate of drug-likeness (QED) is 0.0545. The molecule has 0 spiro atoms. The van der Waals surface area contributed by atoms with Crippen molar-refractivity contribution in [1.82, 2.24) is 15.5 Å². The van der Waals surface area contributed by atoms with Gasteiger partial charge in [-0.3, -0.25) is 29.0 Å². The molecule has 1 aliphatic heterocycles. The molecular weight excluding hydrogens is 490 g/mol. The van der Waals surface area contributed by atoms with Crippen molar-refractivity contribution < 1.29 is 33.9 Å². The molecular formula is C21H37N9O7. The van der Waals surface area contributed by atoms with Crippen molar-refractivity contribution >= 4 is 41.5 Å². The largest absolute Gasteiger partial charge is 0.480 e. The van der Waals surface area contributed by atoms with Crippen molar-refractivity contribution in [1.29, 1.82) is 0 Å². The molecule has 0 aromatic heterocycles. The normalized spacial score (nSPS) is 17.2. The molecule has 1 heterocycles. The first-order valence-corrected chi connectivity index (χ1v) is 11.8. The summed E-state index contributed by atoms with van der Waals surface area (Å²) in [5, 5.41) is 14.4. The van der Waals surface area contributed by atoms with Gasteiger partial charge in [0.2, 0.25) is 29.5 Å². The van der Waals surface area contributed by atoms with Gasteiger partial charge in [0.05, 0.1) is 6.04 Å². The molecule has 1 rings (SSSR count). The van der Waals surface area contributed by atoms with Crippen LogP contribution in [0.2, 0.25) is 0 Å². The minimum atomic E-state index is -1.26. The number of rotatable bonds is 16. The average Bonchev–Trinajstić information content (AvgIpc) is 3.31. The molecule has 0 saturated carbocycles. The Balaban J connectivity index is 2.92. The minimum absolute atomic E-state index is 0.0492. The second-order valence-corrected chi connectivity index (χ2v) is 8.72. The van der Waals surface area contributed by atoms with Crippen LogP contribution in [0.3, 0.4) is 0 Å². The molecule has 4 unspecified atom stereocenters. The first-order chi connectivity index (χ1) is 17.3. The van der Waals surface area contributed by atoms with Crippen LogP contribution in [0.15, 0.2) is 4.99 Å². The predicted molar refractivity (Wildman–Crippen MR) is 131 cm³/mol. The Bertz CT molecular complexity index is 892. The zero-order valence-electron chi connectivity index (χ0n) is 20.6. The van der Waals surface area contributed by atoms with Crippen molar-refractivity contribution in [3.63, 3.8) is 0 Å². The highest BCUT2D eigenvalue weighted by atomic mass is 16.4. The molecule has 4 atom stereocenters. The first-order valence-electron chi connectivity index (χ1n) is 11.8. The number of nitrogens with one attached hydrogen (secondary N) is 2. The molecule has 0 radical (unpaired) electrons. The third-order valence-corrected chi connectivity index (χ3v) is 5.73. The monoisotopic (exact) mass is 527 g/mol. The summed E-state index contributed by atoms with van der Waals surface area (Å²) in [5.74, 6) is -4.80. The van der Waals surface area contributed by atoms with E-state index in [9.17, 15) is 33.9 Å². The van der Waals surface area contributed by atoms with E-state index < -0.39 is 59.7 Å². The van der Waals surface area contributed by atoms with E-state index in [0.717, 1.165) is 0 Å². The standard InChI is InChI=1S/C21H37N9O7/c22-11(5-7-15(23)31)17(33)28-12(6-8-16(24)32)19(35)30-10-2-4-14(30)18(34)29-13(20(36)37)3-1-9-27-21(25)26/h11-14H,1-10,22H2,(H2,23,31)(H2,24,32)(H,28,33)(H,29,34)(H,36,37)(H4,25,26,27). The van der Waals surface area contributed by atoms with E-state index in [4.69, 9.17) is 28.7 Å². The highest BCUT2D eigenvalue weighted by Gasteiger charge is 2.39. The number of nitrogens with zero attached hydrogens (tertiary/aromatic N) is 2. The maximum absolute atomic E-state index is 13.3. The second kappa shape index (κ2) is 15.2. The molecule has 5 amide bonds. The van der Waals surface area contributed by atoms with Crippen LogP contribution in [0.1, 0.15) is 51.4 Å². The summed E-state index contributed by atoms with van der Waals surface area (Å²) < 4.78 is 0. The number of carbonyl (C=O) groups excluding carboxylic acids is 5. The summed E-state index contributed by atoms with van der Waals surface area (Å²) in [5.41, 5.74) is 26.5. The molecule has 37 heavy (non-hydrogen) atoms. The van der Waals surface area contributed by atoms with Crippen LogP contribution in [-0.4, -0.2) is 88.7 Å². The zero-order chi connectivity index (χ0) is 28.1. The lowest BCUT2D eigenvalue weighted by molar-refractivity contribution is -0.145. The van der Waals surface area contributed by atoms with Crippen LogP contribution in [0, 0.1) is 0 Å². The number of nitrogens with two attached hydrogens (primary N) is 5. The van der Waals surface area contributed by atoms with Crippen molar-refractivity contribution in [2.75, 3.05) is 13.1 Å². The topological polar surface area (TPSA) is 292 Å². The number of hydrogen-bond acceptors (Lipinski definition) is 8. The maximum atomic E-state index is 13.3. The number of carboxylic acid groups (broad SMARTS) is 1. The fourth-order valence-electron chi connectivity index (χ4n) is 3.78. The summed E-state index contributed by atoms with van der Waals surface area (Å²) in [6.07, 6.45) is 0.516. The molecule has 13 N–H and O–H groups in total. The van der Waals surface area contributed by atoms with Gasteiger partial charge in [-0.15, -0.1) is 0 Å². The molecule has 0 aliphatic carbocycles. The highest BCUT2D eigenvalue weighted by molar-refractivity contribution is 5.95. The highest BCUT2D eigenvalue weighted by Crippen LogP contribution is 2.20. The fraction of sp³-hybridized carbons (Fsp3) is 0.667. The average molecular weight is 528 g/mol. The van der Waals surface area contributed by atoms with E-state index in [2.05, 4.69) is 15.6 Å². The van der Waals surface area contributed by atoms with Gasteiger partial charge in [-0.25, -0.2) is 4.79 Å². The lowest BCUT2D eigenvalue weighted by atomic mass is 10.1. The molecule has 1 fully saturated rings. The van der Waals surface area contributed by atoms with Crippen LogP contribution >= 0.6 is 0 Å². The number of hydrogen-bond donors (Lipinski definition) is 8. The number of aliphatic imine (C=N–C) groups is 1. The molecule has 16 heteroatoms. The smallest absolute Gasteiger partial charge is 0.326 e. The molecule has 16 nitrogen and oxygen atoms in total. The first kappa shape index (κ1) is 31.1. The zero-order valence-corrected chi connectivity index (χ0v) is 20.6. The second-order valence-electron chi connectivity index (χ2n) is 8.72. The molecule has 0 bridgehead atoms. The number of primary amides is 2. The van der Waals surface area contributed by atoms with Gasteiger partial charge in [0.15, 0.2) is 5.96 Å². The number of aliphatic carboxylic acids is 1. The number of carbonyl (C=O) groups is 6. The van der Waals surface area contributed by atoms with E-state index in [0.29, 0.717) is 12.8 Å². The van der Waals surface area contributed by atoms with E-state index >= 15 is 0 Å². The Morgan fingerprint density at radius 2 is 1.54 bits per heavy atom. The van der Waals surface area contributed by atoms with Gasteiger partial charge < -0.3 is 49.3 Å². The summed E-state index contributed by atoms with van der Waals surface area (Å²) in [6, 6.07) is -4.57. The number of carboxylic acids is 1. The predicted octanol–water partition coefficient (Wildman–Crippen LogP) is -4.06. The number of likely N-dealkylation sites (tertiary alicyclic amines) is 1. The molecule has 0 aromatic rings. The van der Waals surface area contributed by atoms with Gasteiger partial charge in [0, 0.05) is 25.9 Å². The van der Waals surface area contributed by atoms with E-state index in [1.807, 2.05) is 0 Å². The van der Waals surface area contributed by atoms with E-state index in [-0.39, 0.29) is 57.6 Å². The summed E-state index contributed by atoms with van der Waals surface area (Å²) in [7, 11) is 0. The Kier molecular flexibility index (Phi) is 12.8. The summed E-state index contributed by atoms with van der Waals surface area (Å²) in [4.78, 5) is 77.6. The molecule has 0 aromatic carbocycles. The van der Waals surface area contributed by atoms with Crippen LogP contribution in [0.25, 0.3) is 0 Å². The molecule has 208 valence electrons. The van der Waals surface area contributed by atoms with E-state index in [1.54, 1.807) is 0 Å². The van der Waals surface area contributed by atoms with Crippen LogP contribution in [0.4, 0.5) is 0 Å². The summed E-state index contributed by atoms with van der Waals surface area (Å²) in [6.45, 7) is 0.356. The van der Waals surface area contributed by atoms with Gasteiger partial charge in [0.1, 0.15) is 18.1 Å².